The van der Waals surface area contributed by atoms with Crippen LogP contribution in [0, 0.1) is 16.7 Å². The molecule has 2 saturated heterocycles. The monoisotopic (exact) mass is 368 g/mol. The van der Waals surface area contributed by atoms with Gasteiger partial charge in [-0.25, -0.2) is 0 Å². The van der Waals surface area contributed by atoms with Gasteiger partial charge in [-0.05, 0) is 71.1 Å². The van der Waals surface area contributed by atoms with Crippen LogP contribution in [0.1, 0.15) is 73.6 Å². The van der Waals surface area contributed by atoms with Crippen molar-refractivity contribution in [1.29, 1.82) is 0 Å². The standard InChI is InChI=1S/C21H36O5/c1-18(2,16-12-24-16)9-10-19(3,4)17(23)26-20(5)8-7-14(11-15(20)22)21(6)13-25-21/h14-16,22H,7-13H2,1-6H3. The second-order valence-corrected chi connectivity index (χ2v) is 10.5. The van der Waals surface area contributed by atoms with Crippen molar-refractivity contribution >= 4 is 5.97 Å². The molecule has 1 N–H and O–H groups in total. The largest absolute Gasteiger partial charge is 0.456 e. The number of ether oxygens (including phenoxy) is 3. The first-order valence-electron chi connectivity index (χ1n) is 10.1. The Labute approximate surface area is 157 Å². The zero-order valence-electron chi connectivity index (χ0n) is 17.3. The molecule has 26 heavy (non-hydrogen) atoms. The Bertz CT molecular complexity index is 547. The van der Waals surface area contributed by atoms with Crippen molar-refractivity contribution in [2.75, 3.05) is 13.2 Å². The third-order valence-corrected chi connectivity index (χ3v) is 7.14. The average molecular weight is 369 g/mol. The summed E-state index contributed by atoms with van der Waals surface area (Å²) in [6.45, 7) is 13.9. The molecule has 3 fully saturated rings. The maximum Gasteiger partial charge on any atom is 0.312 e. The van der Waals surface area contributed by atoms with Crippen LogP contribution in [-0.2, 0) is 19.0 Å². The Morgan fingerprint density at radius 3 is 2.35 bits per heavy atom. The molecule has 3 rings (SSSR count). The van der Waals surface area contributed by atoms with E-state index in [1.807, 2.05) is 20.8 Å². The highest BCUT2D eigenvalue weighted by atomic mass is 16.6. The Morgan fingerprint density at radius 1 is 1.23 bits per heavy atom. The molecule has 5 atom stereocenters. The van der Waals surface area contributed by atoms with Gasteiger partial charge in [-0.15, -0.1) is 0 Å². The summed E-state index contributed by atoms with van der Waals surface area (Å²) in [6.07, 6.45) is 3.57. The fourth-order valence-electron chi connectivity index (χ4n) is 4.03. The van der Waals surface area contributed by atoms with Crippen molar-refractivity contribution in [3.8, 4) is 0 Å². The molecule has 1 aliphatic carbocycles. The molecule has 5 heteroatoms. The minimum absolute atomic E-state index is 0.0813. The van der Waals surface area contributed by atoms with Crippen LogP contribution in [-0.4, -0.2) is 47.7 Å². The number of epoxide rings is 2. The fraction of sp³-hybridized carbons (Fsp3) is 0.952. The molecule has 5 nitrogen and oxygen atoms in total. The fourth-order valence-corrected chi connectivity index (χ4v) is 4.03. The zero-order valence-corrected chi connectivity index (χ0v) is 17.3. The maximum atomic E-state index is 12.9. The molecule has 2 heterocycles. The van der Waals surface area contributed by atoms with Crippen LogP contribution < -0.4 is 0 Å². The molecule has 1 saturated carbocycles. The second kappa shape index (κ2) is 6.46. The van der Waals surface area contributed by atoms with Crippen LogP contribution in [0.2, 0.25) is 0 Å². The SMILES string of the molecule is CC(C)(CCC(C)(C)C1CO1)C(=O)OC1(C)CCC(C2(C)CO2)CC1O. The molecular formula is C21H36O5. The Balaban J connectivity index is 1.55. The number of hydrogen-bond donors (Lipinski definition) is 1. The van der Waals surface area contributed by atoms with E-state index in [4.69, 9.17) is 14.2 Å². The summed E-state index contributed by atoms with van der Waals surface area (Å²) in [4.78, 5) is 12.9. The lowest BCUT2D eigenvalue weighted by atomic mass is 9.72. The van der Waals surface area contributed by atoms with Gasteiger partial charge >= 0.3 is 5.97 Å². The predicted molar refractivity (Wildman–Crippen MR) is 98.7 cm³/mol. The summed E-state index contributed by atoms with van der Waals surface area (Å²) in [7, 11) is 0. The summed E-state index contributed by atoms with van der Waals surface area (Å²) in [6, 6.07) is 0. The normalized spacial score (nSPS) is 40.2. The maximum absolute atomic E-state index is 12.9. The highest BCUT2D eigenvalue weighted by Crippen LogP contribution is 2.47. The quantitative estimate of drug-likeness (QED) is 0.550. The Morgan fingerprint density at radius 2 is 1.85 bits per heavy atom. The minimum atomic E-state index is -0.800. The molecule has 0 aromatic carbocycles. The van der Waals surface area contributed by atoms with Crippen LogP contribution in [0.15, 0.2) is 0 Å². The van der Waals surface area contributed by atoms with Gasteiger partial charge in [0.1, 0.15) is 5.60 Å². The molecule has 0 amide bonds. The van der Waals surface area contributed by atoms with Gasteiger partial charge in [0.25, 0.3) is 0 Å². The van der Waals surface area contributed by atoms with Crippen molar-refractivity contribution < 1.29 is 24.1 Å². The number of carbonyl (C=O) groups excluding carboxylic acids is 1. The van der Waals surface area contributed by atoms with E-state index in [1.165, 1.54) is 0 Å². The topological polar surface area (TPSA) is 71.6 Å². The number of carbonyl (C=O) groups is 1. The summed E-state index contributed by atoms with van der Waals surface area (Å²) >= 11 is 0. The lowest BCUT2D eigenvalue weighted by Gasteiger charge is -2.43. The third kappa shape index (κ3) is 4.10. The van der Waals surface area contributed by atoms with Crippen LogP contribution in [0.25, 0.3) is 0 Å². The van der Waals surface area contributed by atoms with E-state index in [0.717, 1.165) is 32.5 Å². The van der Waals surface area contributed by atoms with Crippen molar-refractivity contribution in [3.63, 3.8) is 0 Å². The van der Waals surface area contributed by atoms with E-state index in [9.17, 15) is 9.90 Å². The van der Waals surface area contributed by atoms with Gasteiger partial charge < -0.3 is 19.3 Å². The highest BCUT2D eigenvalue weighted by molar-refractivity contribution is 5.76. The molecule has 150 valence electrons. The Kier molecular flexibility index (Phi) is 4.99. The summed E-state index contributed by atoms with van der Waals surface area (Å²) < 4.78 is 16.9. The third-order valence-electron chi connectivity index (χ3n) is 7.14. The lowest BCUT2D eigenvalue weighted by molar-refractivity contribution is -0.190. The molecule has 0 aromatic rings. The molecule has 3 aliphatic rings. The van der Waals surface area contributed by atoms with Crippen molar-refractivity contribution in [3.05, 3.63) is 0 Å². The molecule has 0 spiro atoms. The second-order valence-electron chi connectivity index (χ2n) is 10.5. The molecule has 0 aromatic heterocycles. The van der Waals surface area contributed by atoms with Crippen molar-refractivity contribution in [2.24, 2.45) is 16.7 Å². The van der Waals surface area contributed by atoms with Crippen LogP contribution in [0.5, 0.6) is 0 Å². The van der Waals surface area contributed by atoms with Gasteiger partial charge in [0.15, 0.2) is 0 Å². The van der Waals surface area contributed by atoms with Gasteiger partial charge in [0.05, 0.1) is 36.4 Å². The zero-order chi connectivity index (χ0) is 19.4. The minimum Gasteiger partial charge on any atom is -0.456 e. The summed E-state index contributed by atoms with van der Waals surface area (Å²) in [5, 5.41) is 10.7. The molecule has 0 radical (unpaired) electrons. The highest BCUT2D eigenvalue weighted by Gasteiger charge is 2.53. The van der Waals surface area contributed by atoms with E-state index in [1.54, 1.807) is 0 Å². The van der Waals surface area contributed by atoms with E-state index in [-0.39, 0.29) is 17.0 Å². The molecule has 2 aliphatic heterocycles. The van der Waals surface area contributed by atoms with Crippen LogP contribution in [0.4, 0.5) is 0 Å². The van der Waals surface area contributed by atoms with Gasteiger partial charge in [-0.1, -0.05) is 13.8 Å². The van der Waals surface area contributed by atoms with E-state index in [2.05, 4.69) is 20.8 Å². The summed E-state index contributed by atoms with van der Waals surface area (Å²) in [5.41, 5.74) is -1.37. The number of hydrogen-bond acceptors (Lipinski definition) is 5. The Hall–Kier alpha value is -0.650. The number of esters is 1. The van der Waals surface area contributed by atoms with Gasteiger partial charge in [-0.2, -0.15) is 0 Å². The van der Waals surface area contributed by atoms with Gasteiger partial charge in [-0.3, -0.25) is 4.79 Å². The summed E-state index contributed by atoms with van der Waals surface area (Å²) in [5.74, 6) is 0.135. The first-order chi connectivity index (χ1) is 11.9. The smallest absolute Gasteiger partial charge is 0.312 e. The number of rotatable bonds is 7. The van der Waals surface area contributed by atoms with Gasteiger partial charge in [0, 0.05) is 0 Å². The van der Waals surface area contributed by atoms with Crippen molar-refractivity contribution in [2.45, 2.75) is 97.1 Å². The van der Waals surface area contributed by atoms with Crippen LogP contribution >= 0.6 is 0 Å². The molecular weight excluding hydrogens is 332 g/mol. The number of aliphatic hydroxyl groups excluding tert-OH is 1. The lowest BCUT2D eigenvalue weighted by Crippen LogP contribution is -2.51. The average Bonchev–Trinajstić information content (AvgIpc) is 3.43. The van der Waals surface area contributed by atoms with E-state index >= 15 is 0 Å². The van der Waals surface area contributed by atoms with Crippen LogP contribution in [0.3, 0.4) is 0 Å². The molecule has 5 unspecified atom stereocenters. The van der Waals surface area contributed by atoms with Crippen molar-refractivity contribution in [1.82, 2.24) is 0 Å². The van der Waals surface area contributed by atoms with Gasteiger partial charge in [0.2, 0.25) is 0 Å². The predicted octanol–water partition coefficient (Wildman–Crippen LogP) is 3.47. The first kappa shape index (κ1) is 20.1. The van der Waals surface area contributed by atoms with E-state index in [0.29, 0.717) is 24.9 Å². The number of aliphatic hydroxyl groups is 1. The molecule has 0 bridgehead atoms. The first-order valence-corrected chi connectivity index (χ1v) is 10.1. The van der Waals surface area contributed by atoms with E-state index < -0.39 is 17.1 Å².